The van der Waals surface area contributed by atoms with Gasteiger partial charge >= 0.3 is 0 Å². The molecule has 2 aliphatic rings. The number of aromatic nitrogens is 1. The minimum Gasteiger partial charge on any atom is -0.308 e. The molecule has 2 heterocycles. The fourth-order valence-electron chi connectivity index (χ4n) is 3.27. The van der Waals surface area contributed by atoms with Gasteiger partial charge in [0.25, 0.3) is 0 Å². The Balaban J connectivity index is 1.52. The zero-order valence-electron chi connectivity index (χ0n) is 13.4. The summed E-state index contributed by atoms with van der Waals surface area (Å²) in [4.78, 5) is 7.43. The van der Waals surface area contributed by atoms with Crippen LogP contribution in [0.5, 0.6) is 0 Å². The predicted molar refractivity (Wildman–Crippen MR) is 87.0 cm³/mol. The molecule has 1 unspecified atom stereocenters. The van der Waals surface area contributed by atoms with Crippen LogP contribution in [0.4, 0.5) is 0 Å². The molecule has 21 heavy (non-hydrogen) atoms. The third-order valence-corrected chi connectivity index (χ3v) is 4.92. The van der Waals surface area contributed by atoms with Gasteiger partial charge < -0.3 is 5.32 Å². The highest BCUT2D eigenvalue weighted by molar-refractivity contribution is 5.11. The molecule has 1 aliphatic carbocycles. The first-order chi connectivity index (χ1) is 10.3. The number of nitrogens with zero attached hydrogens (tertiary/aromatic N) is 2. The van der Waals surface area contributed by atoms with Gasteiger partial charge in [-0.3, -0.25) is 9.88 Å². The zero-order valence-corrected chi connectivity index (χ0v) is 13.4. The average molecular weight is 287 g/mol. The van der Waals surface area contributed by atoms with Gasteiger partial charge in [-0.15, -0.1) is 0 Å². The summed E-state index contributed by atoms with van der Waals surface area (Å²) in [6.07, 6.45) is 8.14. The van der Waals surface area contributed by atoms with Gasteiger partial charge in [0.15, 0.2) is 0 Å². The Hall–Kier alpha value is -0.930. The first-order valence-electron chi connectivity index (χ1n) is 8.74. The van der Waals surface area contributed by atoms with Gasteiger partial charge in [0, 0.05) is 19.1 Å². The molecule has 1 aromatic rings. The number of likely N-dealkylation sites (tertiary alicyclic amines) is 1. The van der Waals surface area contributed by atoms with Gasteiger partial charge in [0.05, 0.1) is 11.4 Å². The highest BCUT2D eigenvalue weighted by Crippen LogP contribution is 2.21. The molecule has 1 N–H and O–H groups in total. The Morgan fingerprint density at radius 2 is 2.00 bits per heavy atom. The van der Waals surface area contributed by atoms with E-state index >= 15 is 0 Å². The van der Waals surface area contributed by atoms with Gasteiger partial charge in [-0.25, -0.2) is 0 Å². The number of rotatable bonds is 6. The number of hydrogen-bond acceptors (Lipinski definition) is 3. The highest BCUT2D eigenvalue weighted by atomic mass is 15.1. The molecule has 0 radical (unpaired) electrons. The SMILES string of the molecule is CCC1CCCN(Cc2cccc(CNC3CC3)n2)CC1. The monoisotopic (exact) mass is 287 g/mol. The minimum atomic E-state index is 0.757. The second-order valence-electron chi connectivity index (χ2n) is 6.76. The summed E-state index contributed by atoms with van der Waals surface area (Å²) in [5.41, 5.74) is 2.43. The average Bonchev–Trinajstić information content (AvgIpc) is 3.33. The van der Waals surface area contributed by atoms with E-state index in [0.717, 1.165) is 25.0 Å². The largest absolute Gasteiger partial charge is 0.308 e. The van der Waals surface area contributed by atoms with Gasteiger partial charge in [0.1, 0.15) is 0 Å². The lowest BCUT2D eigenvalue weighted by molar-refractivity contribution is 0.268. The van der Waals surface area contributed by atoms with E-state index in [-0.39, 0.29) is 0 Å². The smallest absolute Gasteiger partial charge is 0.0547 e. The van der Waals surface area contributed by atoms with Crippen molar-refractivity contribution in [3.63, 3.8) is 0 Å². The Kier molecular flexibility index (Phi) is 5.26. The van der Waals surface area contributed by atoms with E-state index in [0.29, 0.717) is 0 Å². The molecule has 2 fully saturated rings. The van der Waals surface area contributed by atoms with Crippen LogP contribution in [-0.2, 0) is 13.1 Å². The summed E-state index contributed by atoms with van der Waals surface area (Å²) in [6.45, 7) is 6.76. The molecule has 0 spiro atoms. The van der Waals surface area contributed by atoms with Crippen molar-refractivity contribution in [2.24, 2.45) is 5.92 Å². The van der Waals surface area contributed by atoms with Gasteiger partial charge in [-0.05, 0) is 63.2 Å². The topological polar surface area (TPSA) is 28.2 Å². The first-order valence-corrected chi connectivity index (χ1v) is 8.74. The fourth-order valence-corrected chi connectivity index (χ4v) is 3.27. The van der Waals surface area contributed by atoms with E-state index < -0.39 is 0 Å². The van der Waals surface area contributed by atoms with E-state index in [2.05, 4.69) is 35.3 Å². The molecular weight excluding hydrogens is 258 g/mol. The molecule has 1 aromatic heterocycles. The van der Waals surface area contributed by atoms with Crippen LogP contribution >= 0.6 is 0 Å². The molecule has 3 rings (SSSR count). The van der Waals surface area contributed by atoms with Crippen LogP contribution in [0.3, 0.4) is 0 Å². The molecule has 1 saturated heterocycles. The van der Waals surface area contributed by atoms with Crippen LogP contribution in [0.2, 0.25) is 0 Å². The molecule has 3 nitrogen and oxygen atoms in total. The quantitative estimate of drug-likeness (QED) is 0.869. The molecular formula is C18H29N3. The van der Waals surface area contributed by atoms with Crippen LogP contribution < -0.4 is 5.32 Å². The Morgan fingerprint density at radius 1 is 1.14 bits per heavy atom. The number of hydrogen-bond donors (Lipinski definition) is 1. The standard InChI is InChI=1S/C18H29N3/c1-2-15-5-4-11-21(12-10-15)14-18-7-3-6-17(20-18)13-19-16-8-9-16/h3,6-7,15-16,19H,2,4-5,8-14H2,1H3. The highest BCUT2D eigenvalue weighted by Gasteiger charge is 2.20. The lowest BCUT2D eigenvalue weighted by Gasteiger charge is -2.20. The third kappa shape index (κ3) is 4.79. The molecule has 0 amide bonds. The van der Waals surface area contributed by atoms with Crippen LogP contribution in [0, 0.1) is 5.92 Å². The zero-order chi connectivity index (χ0) is 14.5. The normalized spacial score (nSPS) is 24.0. The molecule has 1 aliphatic heterocycles. The van der Waals surface area contributed by atoms with Crippen molar-refractivity contribution in [2.75, 3.05) is 13.1 Å². The van der Waals surface area contributed by atoms with Crippen molar-refractivity contribution in [3.05, 3.63) is 29.6 Å². The lowest BCUT2D eigenvalue weighted by atomic mass is 9.98. The maximum atomic E-state index is 4.83. The van der Waals surface area contributed by atoms with Crippen molar-refractivity contribution in [3.8, 4) is 0 Å². The molecule has 1 saturated carbocycles. The van der Waals surface area contributed by atoms with Crippen LogP contribution in [0.25, 0.3) is 0 Å². The van der Waals surface area contributed by atoms with E-state index in [4.69, 9.17) is 4.98 Å². The number of pyridine rings is 1. The van der Waals surface area contributed by atoms with E-state index in [9.17, 15) is 0 Å². The van der Waals surface area contributed by atoms with Crippen molar-refractivity contribution in [1.29, 1.82) is 0 Å². The van der Waals surface area contributed by atoms with Crippen molar-refractivity contribution < 1.29 is 0 Å². The second-order valence-corrected chi connectivity index (χ2v) is 6.76. The molecule has 1 atom stereocenters. The van der Waals surface area contributed by atoms with Gasteiger partial charge in [-0.1, -0.05) is 19.4 Å². The van der Waals surface area contributed by atoms with Crippen LogP contribution in [0.1, 0.15) is 56.8 Å². The van der Waals surface area contributed by atoms with E-state index in [1.807, 2.05) is 0 Å². The molecule has 3 heteroatoms. The summed E-state index contributed by atoms with van der Waals surface area (Å²) in [5.74, 6) is 0.942. The maximum absolute atomic E-state index is 4.83. The lowest BCUT2D eigenvalue weighted by Crippen LogP contribution is -2.25. The van der Waals surface area contributed by atoms with Crippen LogP contribution in [-0.4, -0.2) is 29.0 Å². The summed E-state index contributed by atoms with van der Waals surface area (Å²) in [7, 11) is 0. The first kappa shape index (κ1) is 15.0. The summed E-state index contributed by atoms with van der Waals surface area (Å²) in [5, 5.41) is 3.55. The van der Waals surface area contributed by atoms with Crippen molar-refractivity contribution in [2.45, 2.75) is 64.6 Å². The van der Waals surface area contributed by atoms with E-state index in [1.165, 1.54) is 63.0 Å². The molecule has 0 bridgehead atoms. The Bertz CT molecular complexity index is 442. The summed E-state index contributed by atoms with van der Waals surface area (Å²) < 4.78 is 0. The Labute approximate surface area is 129 Å². The Morgan fingerprint density at radius 3 is 2.81 bits per heavy atom. The second kappa shape index (κ2) is 7.37. The van der Waals surface area contributed by atoms with Gasteiger partial charge in [-0.2, -0.15) is 0 Å². The number of nitrogens with one attached hydrogen (secondary N) is 1. The predicted octanol–water partition coefficient (Wildman–Crippen LogP) is 3.35. The molecule has 116 valence electrons. The van der Waals surface area contributed by atoms with Gasteiger partial charge in [0.2, 0.25) is 0 Å². The summed E-state index contributed by atoms with van der Waals surface area (Å²) >= 11 is 0. The third-order valence-electron chi connectivity index (χ3n) is 4.92. The fraction of sp³-hybridized carbons (Fsp3) is 0.722. The van der Waals surface area contributed by atoms with E-state index in [1.54, 1.807) is 0 Å². The van der Waals surface area contributed by atoms with Crippen molar-refractivity contribution in [1.82, 2.24) is 15.2 Å². The molecule has 0 aromatic carbocycles. The summed E-state index contributed by atoms with van der Waals surface area (Å²) in [6, 6.07) is 7.25. The van der Waals surface area contributed by atoms with Crippen molar-refractivity contribution >= 4 is 0 Å². The maximum Gasteiger partial charge on any atom is 0.0547 e. The minimum absolute atomic E-state index is 0.757. The van der Waals surface area contributed by atoms with Crippen LogP contribution in [0.15, 0.2) is 18.2 Å².